The molecule has 146 valence electrons. The Morgan fingerprint density at radius 2 is 2.11 bits per heavy atom. The Morgan fingerprint density at radius 1 is 1.36 bits per heavy atom. The number of hydrogen-bond donors (Lipinski definition) is 2. The van der Waals surface area contributed by atoms with E-state index in [1.165, 1.54) is 4.90 Å². The highest BCUT2D eigenvalue weighted by molar-refractivity contribution is 6.35. The van der Waals surface area contributed by atoms with Gasteiger partial charge in [-0.1, -0.05) is 30.9 Å². The SMILES string of the molecule is CN(CCC#N)C(=O)c1cc2cc(Cl)c3c(c2o1)C1(CCCCC1)NC(=O)N3. The molecule has 0 atom stereocenters. The van der Waals surface area contributed by atoms with Gasteiger partial charge in [-0.25, -0.2) is 4.79 Å². The van der Waals surface area contributed by atoms with Crippen molar-refractivity contribution in [1.82, 2.24) is 10.2 Å². The fourth-order valence-corrected chi connectivity index (χ4v) is 4.56. The molecule has 0 unspecified atom stereocenters. The van der Waals surface area contributed by atoms with Crippen LogP contribution in [-0.4, -0.2) is 30.4 Å². The van der Waals surface area contributed by atoms with Gasteiger partial charge in [-0.2, -0.15) is 5.26 Å². The first kappa shape index (κ1) is 18.6. The molecule has 1 aromatic carbocycles. The largest absolute Gasteiger partial charge is 0.450 e. The van der Waals surface area contributed by atoms with Crippen molar-refractivity contribution in [2.24, 2.45) is 0 Å². The van der Waals surface area contributed by atoms with E-state index < -0.39 is 5.54 Å². The molecule has 0 bridgehead atoms. The third kappa shape index (κ3) is 2.98. The number of anilines is 1. The summed E-state index contributed by atoms with van der Waals surface area (Å²) >= 11 is 6.49. The van der Waals surface area contributed by atoms with Gasteiger partial charge in [0.05, 0.1) is 28.7 Å². The second-order valence-corrected chi connectivity index (χ2v) is 7.90. The number of rotatable bonds is 3. The molecular weight excluding hydrogens is 380 g/mol. The van der Waals surface area contributed by atoms with Crippen molar-refractivity contribution in [1.29, 1.82) is 5.26 Å². The smallest absolute Gasteiger partial charge is 0.319 e. The predicted octanol–water partition coefficient (Wildman–Crippen LogP) is 4.37. The topological polar surface area (TPSA) is 98.4 Å². The highest BCUT2D eigenvalue weighted by atomic mass is 35.5. The molecule has 2 aromatic rings. The summed E-state index contributed by atoms with van der Waals surface area (Å²) in [6.07, 6.45) is 4.97. The maximum atomic E-state index is 12.7. The number of amides is 3. The van der Waals surface area contributed by atoms with E-state index in [2.05, 4.69) is 10.6 Å². The minimum Gasteiger partial charge on any atom is -0.450 e. The van der Waals surface area contributed by atoms with E-state index in [9.17, 15) is 9.59 Å². The Balaban J connectivity index is 1.84. The van der Waals surface area contributed by atoms with Gasteiger partial charge in [0, 0.05) is 24.5 Å². The van der Waals surface area contributed by atoms with Crippen molar-refractivity contribution in [3.63, 3.8) is 0 Å². The van der Waals surface area contributed by atoms with Crippen molar-refractivity contribution < 1.29 is 14.0 Å². The summed E-state index contributed by atoms with van der Waals surface area (Å²) in [5.74, 6) is -0.0930. The van der Waals surface area contributed by atoms with E-state index in [1.807, 2.05) is 6.07 Å². The van der Waals surface area contributed by atoms with Crippen LogP contribution < -0.4 is 10.6 Å². The first-order chi connectivity index (χ1) is 13.4. The van der Waals surface area contributed by atoms with Crippen molar-refractivity contribution in [2.75, 3.05) is 18.9 Å². The lowest BCUT2D eigenvalue weighted by Gasteiger charge is -2.42. The molecule has 7 nitrogen and oxygen atoms in total. The van der Waals surface area contributed by atoms with Crippen LogP contribution in [0.25, 0.3) is 11.0 Å². The Morgan fingerprint density at radius 3 is 2.82 bits per heavy atom. The van der Waals surface area contributed by atoms with E-state index >= 15 is 0 Å². The minimum absolute atomic E-state index is 0.197. The Kier molecular flexibility index (Phi) is 4.68. The standard InChI is InChI=1S/C20H21ClN4O3/c1-25(9-5-8-22)18(26)14-11-12-10-13(21)16-15(17(12)28-14)20(24-19(27)23-16)6-3-2-4-7-20/h10-11H,2-7,9H2,1H3,(H2,23,24,27). The van der Waals surface area contributed by atoms with Crippen LogP contribution in [0.1, 0.15) is 54.6 Å². The maximum Gasteiger partial charge on any atom is 0.319 e. The van der Waals surface area contributed by atoms with Crippen molar-refractivity contribution in [3.05, 3.63) is 28.5 Å². The summed E-state index contributed by atoms with van der Waals surface area (Å²) in [5.41, 5.74) is 1.43. The zero-order valence-electron chi connectivity index (χ0n) is 15.6. The fourth-order valence-electron chi connectivity index (χ4n) is 4.30. The Labute approximate surface area is 167 Å². The molecule has 1 saturated carbocycles. The van der Waals surface area contributed by atoms with Crippen LogP contribution in [0.3, 0.4) is 0 Å². The quantitative estimate of drug-likeness (QED) is 0.799. The molecule has 1 aliphatic heterocycles. The van der Waals surface area contributed by atoms with E-state index in [-0.39, 0.29) is 24.1 Å². The number of nitrogens with zero attached hydrogens (tertiary/aromatic N) is 2. The lowest BCUT2D eigenvalue weighted by atomic mass is 9.74. The summed E-state index contributed by atoms with van der Waals surface area (Å²) < 4.78 is 6.02. The lowest BCUT2D eigenvalue weighted by Crippen LogP contribution is -2.52. The minimum atomic E-state index is -0.538. The highest BCUT2D eigenvalue weighted by Crippen LogP contribution is 2.48. The molecule has 0 saturated heterocycles. The van der Waals surface area contributed by atoms with E-state index in [1.54, 1.807) is 19.2 Å². The van der Waals surface area contributed by atoms with E-state index in [0.29, 0.717) is 22.8 Å². The number of halogens is 1. The zero-order valence-corrected chi connectivity index (χ0v) is 16.4. The van der Waals surface area contributed by atoms with Gasteiger partial charge in [-0.15, -0.1) is 0 Å². The zero-order chi connectivity index (χ0) is 19.9. The summed E-state index contributed by atoms with van der Waals surface area (Å²) in [4.78, 5) is 26.5. The van der Waals surface area contributed by atoms with Gasteiger partial charge >= 0.3 is 6.03 Å². The van der Waals surface area contributed by atoms with Crippen molar-refractivity contribution in [3.8, 4) is 6.07 Å². The molecule has 1 fully saturated rings. The van der Waals surface area contributed by atoms with Crippen molar-refractivity contribution >= 4 is 40.2 Å². The first-order valence-corrected chi connectivity index (χ1v) is 9.81. The molecule has 1 aromatic heterocycles. The average Bonchev–Trinajstić information content (AvgIpc) is 3.09. The van der Waals surface area contributed by atoms with Crippen LogP contribution in [0.4, 0.5) is 10.5 Å². The number of hydrogen-bond acceptors (Lipinski definition) is 4. The van der Waals surface area contributed by atoms with Crippen molar-refractivity contribution in [2.45, 2.75) is 44.1 Å². The van der Waals surface area contributed by atoms with Crippen LogP contribution in [0, 0.1) is 11.3 Å². The Hall–Kier alpha value is -2.72. The third-order valence-electron chi connectivity index (χ3n) is 5.65. The van der Waals surface area contributed by atoms with E-state index in [4.69, 9.17) is 21.3 Å². The van der Waals surface area contributed by atoms with Gasteiger partial charge < -0.3 is 20.0 Å². The summed E-state index contributed by atoms with van der Waals surface area (Å²) in [6, 6.07) is 5.16. The van der Waals surface area contributed by atoms with Gasteiger partial charge in [0.15, 0.2) is 5.76 Å². The number of nitrogens with one attached hydrogen (secondary N) is 2. The highest BCUT2D eigenvalue weighted by Gasteiger charge is 2.43. The summed E-state index contributed by atoms with van der Waals surface area (Å²) in [5, 5.41) is 15.8. The van der Waals surface area contributed by atoms with Gasteiger partial charge in [-0.05, 0) is 25.0 Å². The molecule has 28 heavy (non-hydrogen) atoms. The predicted molar refractivity (Wildman–Crippen MR) is 105 cm³/mol. The average molecular weight is 401 g/mol. The Bertz CT molecular complexity index is 1000. The molecule has 2 N–H and O–H groups in total. The molecule has 3 amide bonds. The molecule has 2 aliphatic rings. The summed E-state index contributed by atoms with van der Waals surface area (Å²) in [7, 11) is 1.64. The van der Waals surface area contributed by atoms with Crippen LogP contribution >= 0.6 is 11.6 Å². The molecule has 2 heterocycles. The second-order valence-electron chi connectivity index (χ2n) is 7.49. The van der Waals surface area contributed by atoms with Crippen LogP contribution in [-0.2, 0) is 5.54 Å². The number of nitriles is 1. The number of fused-ring (bicyclic) bond motifs is 4. The number of carbonyl (C=O) groups excluding carboxylic acids is 2. The summed E-state index contributed by atoms with van der Waals surface area (Å²) in [6.45, 7) is 0.326. The van der Waals surface area contributed by atoms with Crippen LogP contribution in [0.2, 0.25) is 5.02 Å². The van der Waals surface area contributed by atoms with Gasteiger partial charge in [0.25, 0.3) is 5.91 Å². The van der Waals surface area contributed by atoms with Gasteiger partial charge in [0.1, 0.15) is 5.58 Å². The number of urea groups is 1. The number of carbonyl (C=O) groups is 2. The number of furan rings is 1. The third-order valence-corrected chi connectivity index (χ3v) is 5.95. The molecule has 1 aliphatic carbocycles. The monoisotopic (exact) mass is 400 g/mol. The molecular formula is C20H21ClN4O3. The number of benzene rings is 1. The van der Waals surface area contributed by atoms with Crippen LogP contribution in [0.5, 0.6) is 0 Å². The van der Waals surface area contributed by atoms with Gasteiger partial charge in [-0.3, -0.25) is 4.79 Å². The van der Waals surface area contributed by atoms with E-state index in [0.717, 1.165) is 43.1 Å². The molecule has 8 heteroatoms. The molecule has 0 radical (unpaired) electrons. The molecule has 1 spiro atoms. The molecule has 4 rings (SSSR count). The normalized spacial score (nSPS) is 17.5. The first-order valence-electron chi connectivity index (χ1n) is 9.43. The lowest BCUT2D eigenvalue weighted by molar-refractivity contribution is 0.0768. The van der Waals surface area contributed by atoms with Gasteiger partial charge in [0.2, 0.25) is 0 Å². The second kappa shape index (κ2) is 7.02. The fraction of sp³-hybridized carbons (Fsp3) is 0.450. The van der Waals surface area contributed by atoms with Crippen LogP contribution in [0.15, 0.2) is 16.5 Å². The maximum absolute atomic E-state index is 12.7.